The fraction of sp³-hybridized carbons (Fsp3) is 0.333. The lowest BCUT2D eigenvalue weighted by atomic mass is 10.2. The lowest BCUT2D eigenvalue weighted by Gasteiger charge is -2.13. The Morgan fingerprint density at radius 1 is 1.40 bits per heavy atom. The van der Waals surface area contributed by atoms with Crippen molar-refractivity contribution in [2.45, 2.75) is 32.6 Å². The first-order valence-electron chi connectivity index (χ1n) is 8.05. The van der Waals surface area contributed by atoms with Crippen molar-refractivity contribution in [3.63, 3.8) is 0 Å². The molecule has 1 atom stereocenters. The molecule has 0 aliphatic carbocycles. The molecule has 0 saturated heterocycles. The maximum Gasteiger partial charge on any atom is 0.262 e. The Hall–Kier alpha value is -1.73. The molecule has 0 aliphatic heterocycles. The summed E-state index contributed by atoms with van der Waals surface area (Å²) >= 11 is 7.59. The molecule has 1 unspecified atom stereocenters. The summed E-state index contributed by atoms with van der Waals surface area (Å²) in [4.78, 5) is 18.7. The van der Waals surface area contributed by atoms with Crippen molar-refractivity contribution in [2.75, 3.05) is 6.61 Å². The zero-order valence-corrected chi connectivity index (χ0v) is 15.4. The highest BCUT2D eigenvalue weighted by Gasteiger charge is 2.12. The van der Waals surface area contributed by atoms with Gasteiger partial charge in [0.2, 0.25) is 0 Å². The second-order valence-corrected chi connectivity index (χ2v) is 7.27. The molecule has 0 radical (unpaired) electrons. The zero-order valence-electron chi connectivity index (χ0n) is 13.8. The quantitative estimate of drug-likeness (QED) is 0.685. The number of aryl methyl sites for hydroxylation is 1. The van der Waals surface area contributed by atoms with Crippen LogP contribution in [-0.4, -0.2) is 27.4 Å². The molecule has 0 aliphatic rings. The average molecular weight is 379 g/mol. The first kappa shape index (κ1) is 18.1. The van der Waals surface area contributed by atoms with E-state index in [4.69, 9.17) is 16.3 Å². The first-order chi connectivity index (χ1) is 12.1. The smallest absolute Gasteiger partial charge is 0.262 e. The van der Waals surface area contributed by atoms with Gasteiger partial charge in [-0.1, -0.05) is 36.7 Å². The third-order valence-corrected chi connectivity index (χ3v) is 5.41. The van der Waals surface area contributed by atoms with Gasteiger partial charge in [-0.15, -0.1) is 11.3 Å². The van der Waals surface area contributed by atoms with Gasteiger partial charge in [-0.05, 0) is 24.1 Å². The number of ether oxygens (including phenoxy) is 1. The van der Waals surface area contributed by atoms with E-state index >= 15 is 0 Å². The summed E-state index contributed by atoms with van der Waals surface area (Å²) in [7, 11) is 0. The predicted octanol–water partition coefficient (Wildman–Crippen LogP) is 3.25. The van der Waals surface area contributed by atoms with Gasteiger partial charge in [0.25, 0.3) is 5.56 Å². The number of fused-ring (bicyclic) bond motifs is 1. The van der Waals surface area contributed by atoms with Gasteiger partial charge in [0.1, 0.15) is 4.83 Å². The van der Waals surface area contributed by atoms with Crippen LogP contribution < -0.4 is 5.56 Å². The van der Waals surface area contributed by atoms with Crippen molar-refractivity contribution in [1.82, 2.24) is 9.55 Å². The van der Waals surface area contributed by atoms with E-state index < -0.39 is 6.10 Å². The maximum absolute atomic E-state index is 12.5. The Kier molecular flexibility index (Phi) is 5.86. The van der Waals surface area contributed by atoms with Gasteiger partial charge in [0, 0.05) is 9.90 Å². The summed E-state index contributed by atoms with van der Waals surface area (Å²) in [6, 6.07) is 9.28. The number of aromatic nitrogens is 2. The monoisotopic (exact) mass is 378 g/mol. The lowest BCUT2D eigenvalue weighted by Crippen LogP contribution is -2.29. The SMILES string of the molecule is CCc1cc2c(=O)n(CC(O)COCc3ccccc3Cl)cnc2s1. The summed E-state index contributed by atoms with van der Waals surface area (Å²) in [6.07, 6.45) is 1.56. The number of benzene rings is 1. The van der Waals surface area contributed by atoms with Crippen molar-refractivity contribution in [2.24, 2.45) is 0 Å². The fourth-order valence-electron chi connectivity index (χ4n) is 2.51. The van der Waals surface area contributed by atoms with Crippen LogP contribution in [0.1, 0.15) is 17.4 Å². The molecule has 7 heteroatoms. The minimum Gasteiger partial charge on any atom is -0.389 e. The van der Waals surface area contributed by atoms with Gasteiger partial charge in [-0.3, -0.25) is 9.36 Å². The molecule has 1 N–H and O–H groups in total. The van der Waals surface area contributed by atoms with Crippen LogP contribution in [0.25, 0.3) is 10.2 Å². The Labute approximate surface area is 154 Å². The zero-order chi connectivity index (χ0) is 17.8. The molecule has 2 heterocycles. The van der Waals surface area contributed by atoms with E-state index in [0.717, 1.165) is 21.7 Å². The summed E-state index contributed by atoms with van der Waals surface area (Å²) in [5.41, 5.74) is 0.730. The Morgan fingerprint density at radius 2 is 2.20 bits per heavy atom. The molecule has 0 saturated carbocycles. The number of aliphatic hydroxyl groups excluding tert-OH is 1. The summed E-state index contributed by atoms with van der Waals surface area (Å²) in [6.45, 7) is 2.61. The number of thiophene rings is 1. The minimum atomic E-state index is -0.802. The van der Waals surface area contributed by atoms with Crippen LogP contribution in [0.3, 0.4) is 0 Å². The van der Waals surface area contributed by atoms with Crippen LogP contribution in [0.4, 0.5) is 0 Å². The fourth-order valence-corrected chi connectivity index (χ4v) is 3.63. The molecule has 1 aromatic carbocycles. The van der Waals surface area contributed by atoms with E-state index in [2.05, 4.69) is 4.98 Å². The number of hydrogen-bond acceptors (Lipinski definition) is 5. The first-order valence-corrected chi connectivity index (χ1v) is 9.25. The lowest BCUT2D eigenvalue weighted by molar-refractivity contribution is 0.0199. The van der Waals surface area contributed by atoms with Gasteiger partial charge >= 0.3 is 0 Å². The molecule has 0 fully saturated rings. The Morgan fingerprint density at radius 3 is 2.96 bits per heavy atom. The molecule has 25 heavy (non-hydrogen) atoms. The molecular weight excluding hydrogens is 360 g/mol. The van der Waals surface area contributed by atoms with Crippen LogP contribution in [0.15, 0.2) is 41.5 Å². The van der Waals surface area contributed by atoms with Gasteiger partial charge in [-0.25, -0.2) is 4.98 Å². The van der Waals surface area contributed by atoms with Crippen LogP contribution >= 0.6 is 22.9 Å². The van der Waals surface area contributed by atoms with Crippen molar-refractivity contribution >= 4 is 33.2 Å². The number of rotatable bonds is 7. The molecule has 2 aromatic heterocycles. The van der Waals surface area contributed by atoms with E-state index in [0.29, 0.717) is 17.0 Å². The van der Waals surface area contributed by atoms with Gasteiger partial charge < -0.3 is 9.84 Å². The van der Waals surface area contributed by atoms with E-state index in [-0.39, 0.29) is 18.7 Å². The highest BCUT2D eigenvalue weighted by atomic mass is 35.5. The molecule has 132 valence electrons. The second kappa shape index (κ2) is 8.10. The van der Waals surface area contributed by atoms with Gasteiger partial charge in [0.15, 0.2) is 0 Å². The van der Waals surface area contributed by atoms with Crippen LogP contribution in [0, 0.1) is 0 Å². The van der Waals surface area contributed by atoms with E-state index in [1.54, 1.807) is 6.07 Å². The normalized spacial score (nSPS) is 12.6. The van der Waals surface area contributed by atoms with E-state index in [1.165, 1.54) is 22.2 Å². The average Bonchev–Trinajstić information content (AvgIpc) is 3.03. The van der Waals surface area contributed by atoms with Crippen molar-refractivity contribution in [1.29, 1.82) is 0 Å². The van der Waals surface area contributed by atoms with Crippen LogP contribution in [0.2, 0.25) is 5.02 Å². The Balaban J connectivity index is 1.62. The third kappa shape index (κ3) is 4.27. The van der Waals surface area contributed by atoms with Crippen molar-refractivity contribution in [3.05, 3.63) is 62.5 Å². The third-order valence-electron chi connectivity index (χ3n) is 3.85. The highest BCUT2D eigenvalue weighted by molar-refractivity contribution is 7.18. The topological polar surface area (TPSA) is 64.4 Å². The molecule has 0 spiro atoms. The molecule has 3 aromatic rings. The second-order valence-electron chi connectivity index (χ2n) is 5.75. The Bertz CT molecular complexity index is 922. The minimum absolute atomic E-state index is 0.111. The standard InChI is InChI=1S/C18H19ClN2O3S/c1-2-14-7-15-17(25-14)20-11-21(18(15)23)8-13(22)10-24-9-12-5-3-4-6-16(12)19/h3-7,11,13,22H,2,8-10H2,1H3. The molecule has 5 nitrogen and oxygen atoms in total. The number of nitrogens with zero attached hydrogens (tertiary/aromatic N) is 2. The van der Waals surface area contributed by atoms with Crippen LogP contribution in [-0.2, 0) is 24.3 Å². The van der Waals surface area contributed by atoms with Gasteiger partial charge in [-0.2, -0.15) is 0 Å². The number of aliphatic hydroxyl groups is 1. The van der Waals surface area contributed by atoms with Crippen molar-refractivity contribution in [3.8, 4) is 0 Å². The molecule has 0 amide bonds. The number of halogens is 1. The van der Waals surface area contributed by atoms with Crippen molar-refractivity contribution < 1.29 is 9.84 Å². The van der Waals surface area contributed by atoms with Gasteiger partial charge in [0.05, 0.1) is 37.6 Å². The maximum atomic E-state index is 12.5. The molecule has 3 rings (SSSR count). The largest absolute Gasteiger partial charge is 0.389 e. The predicted molar refractivity (Wildman–Crippen MR) is 100 cm³/mol. The van der Waals surface area contributed by atoms with Crippen LogP contribution in [0.5, 0.6) is 0 Å². The molecule has 0 bridgehead atoms. The van der Waals surface area contributed by atoms with E-state index in [1.807, 2.05) is 31.2 Å². The molecular formula is C18H19ClN2O3S. The highest BCUT2D eigenvalue weighted by Crippen LogP contribution is 2.21. The summed E-state index contributed by atoms with van der Waals surface area (Å²) in [5, 5.41) is 11.4. The summed E-state index contributed by atoms with van der Waals surface area (Å²) in [5.74, 6) is 0. The number of hydrogen-bond donors (Lipinski definition) is 1. The summed E-state index contributed by atoms with van der Waals surface area (Å²) < 4.78 is 6.94. The van der Waals surface area contributed by atoms with E-state index in [9.17, 15) is 9.90 Å².